The first-order chi connectivity index (χ1) is 15.5. The van der Waals surface area contributed by atoms with Crippen LogP contribution in [0.3, 0.4) is 0 Å². The number of nitrogens with one attached hydrogen (secondary N) is 2. The molecule has 3 aromatic rings. The summed E-state index contributed by atoms with van der Waals surface area (Å²) in [5.74, 6) is 0.357. The van der Waals surface area contributed by atoms with Gasteiger partial charge in [-0.25, -0.2) is 9.18 Å². The number of hydrogen-bond donors (Lipinski definition) is 2. The summed E-state index contributed by atoms with van der Waals surface area (Å²) >= 11 is 0. The largest absolute Gasteiger partial charge is 0.457 e. The van der Waals surface area contributed by atoms with Crippen molar-refractivity contribution < 1.29 is 23.5 Å². The molecule has 160 valence electrons. The van der Waals surface area contributed by atoms with E-state index in [-0.39, 0.29) is 12.0 Å². The van der Waals surface area contributed by atoms with Crippen molar-refractivity contribution in [1.29, 1.82) is 0 Å². The third-order valence-corrected chi connectivity index (χ3v) is 5.36. The highest BCUT2D eigenvalue weighted by atomic mass is 19.1. The van der Waals surface area contributed by atoms with Crippen molar-refractivity contribution in [3.8, 4) is 11.5 Å². The maximum absolute atomic E-state index is 14.5. The van der Waals surface area contributed by atoms with Gasteiger partial charge in [-0.2, -0.15) is 0 Å². The van der Waals surface area contributed by atoms with Gasteiger partial charge in [0.15, 0.2) is 0 Å². The predicted octanol–water partition coefficient (Wildman–Crippen LogP) is 4.76. The van der Waals surface area contributed by atoms with Gasteiger partial charge in [-0.1, -0.05) is 36.4 Å². The van der Waals surface area contributed by atoms with Crippen LogP contribution in [-0.2, 0) is 16.0 Å². The molecule has 1 fully saturated rings. The third-order valence-electron chi connectivity index (χ3n) is 5.36. The number of halogens is 1. The number of carbonyl (C=O) groups is 2. The molecule has 2 aliphatic rings. The Bertz CT molecular complexity index is 1240. The predicted molar refractivity (Wildman–Crippen MR) is 118 cm³/mol. The number of anilines is 1. The van der Waals surface area contributed by atoms with Gasteiger partial charge in [-0.3, -0.25) is 4.79 Å². The molecule has 0 spiro atoms. The maximum Gasteiger partial charge on any atom is 0.407 e. The summed E-state index contributed by atoms with van der Waals surface area (Å²) in [6.07, 6.45) is 1.27. The van der Waals surface area contributed by atoms with Crippen LogP contribution in [0.25, 0.3) is 11.6 Å². The molecule has 32 heavy (non-hydrogen) atoms. The van der Waals surface area contributed by atoms with E-state index in [2.05, 4.69) is 10.6 Å². The second-order valence-corrected chi connectivity index (χ2v) is 7.59. The van der Waals surface area contributed by atoms with Crippen LogP contribution in [0.2, 0.25) is 0 Å². The molecule has 0 aliphatic carbocycles. The fourth-order valence-corrected chi connectivity index (χ4v) is 3.77. The highest BCUT2D eigenvalue weighted by Gasteiger charge is 2.24. The fraction of sp³-hybridized carbons (Fsp3) is 0.120. The first-order valence-corrected chi connectivity index (χ1v) is 10.2. The topological polar surface area (TPSA) is 76.7 Å². The van der Waals surface area contributed by atoms with Crippen molar-refractivity contribution in [2.45, 2.75) is 12.5 Å². The number of para-hydroxylation sites is 1. The van der Waals surface area contributed by atoms with Crippen molar-refractivity contribution in [3.05, 3.63) is 89.2 Å². The molecule has 5 rings (SSSR count). The van der Waals surface area contributed by atoms with E-state index in [0.29, 0.717) is 35.6 Å². The molecule has 3 aromatic carbocycles. The van der Waals surface area contributed by atoms with Gasteiger partial charge in [0.2, 0.25) is 0 Å². The summed E-state index contributed by atoms with van der Waals surface area (Å²) in [6.45, 7) is 0.367. The summed E-state index contributed by atoms with van der Waals surface area (Å²) in [4.78, 5) is 23.4. The Morgan fingerprint density at radius 1 is 1.03 bits per heavy atom. The summed E-state index contributed by atoms with van der Waals surface area (Å²) in [5.41, 5.74) is 3.58. The average molecular weight is 430 g/mol. The minimum Gasteiger partial charge on any atom is -0.457 e. The van der Waals surface area contributed by atoms with E-state index in [1.54, 1.807) is 24.3 Å². The Morgan fingerprint density at radius 3 is 2.56 bits per heavy atom. The molecule has 1 unspecified atom stereocenters. The minimum atomic E-state index is -0.479. The molecule has 6 nitrogen and oxygen atoms in total. The number of benzene rings is 3. The van der Waals surface area contributed by atoms with Crippen LogP contribution in [0.4, 0.5) is 14.9 Å². The molecule has 1 atom stereocenters. The van der Waals surface area contributed by atoms with Crippen molar-refractivity contribution in [2.75, 3.05) is 11.9 Å². The molecule has 0 radical (unpaired) electrons. The van der Waals surface area contributed by atoms with E-state index in [1.165, 1.54) is 6.07 Å². The van der Waals surface area contributed by atoms with Gasteiger partial charge in [0.1, 0.15) is 23.4 Å². The third kappa shape index (κ3) is 4.05. The first kappa shape index (κ1) is 19.8. The van der Waals surface area contributed by atoms with Crippen molar-refractivity contribution in [1.82, 2.24) is 5.32 Å². The zero-order valence-corrected chi connectivity index (χ0v) is 16.9. The molecule has 2 N–H and O–H groups in total. The van der Waals surface area contributed by atoms with Crippen LogP contribution >= 0.6 is 0 Å². The highest BCUT2D eigenvalue weighted by Crippen LogP contribution is 2.33. The SMILES string of the molecule is O=C1NCC(Cc2ccc(Oc3ccc(/C=C4\C(=O)Nc5ccccc54)cc3)cc2F)O1. The van der Waals surface area contributed by atoms with Crippen LogP contribution < -0.4 is 15.4 Å². The Morgan fingerprint density at radius 2 is 1.81 bits per heavy atom. The summed E-state index contributed by atoms with van der Waals surface area (Å²) in [6, 6.07) is 19.4. The van der Waals surface area contributed by atoms with Gasteiger partial charge >= 0.3 is 6.09 Å². The number of amides is 2. The first-order valence-electron chi connectivity index (χ1n) is 10.2. The van der Waals surface area contributed by atoms with E-state index in [0.717, 1.165) is 16.8 Å². The molecule has 2 amide bonds. The second kappa shape index (κ2) is 8.19. The van der Waals surface area contributed by atoms with E-state index in [9.17, 15) is 14.0 Å². The number of ether oxygens (including phenoxy) is 2. The number of cyclic esters (lactones) is 1. The molecule has 1 saturated heterocycles. The number of rotatable bonds is 5. The quantitative estimate of drug-likeness (QED) is 0.572. The summed E-state index contributed by atoms with van der Waals surface area (Å²) in [5, 5.41) is 5.40. The zero-order chi connectivity index (χ0) is 22.1. The second-order valence-electron chi connectivity index (χ2n) is 7.59. The standard InChI is InChI=1S/C25H19FN2O4/c26-22-13-18(10-7-16(22)12-19-14-27-25(30)32-19)31-17-8-5-15(6-9-17)11-21-20-3-1-2-4-23(20)28-24(21)29/h1-11,13,19H,12,14H2,(H,27,30)(H,28,29)/b21-11-. The van der Waals surface area contributed by atoms with Gasteiger partial charge in [0, 0.05) is 29.3 Å². The smallest absolute Gasteiger partial charge is 0.407 e. The van der Waals surface area contributed by atoms with Crippen LogP contribution in [0.15, 0.2) is 66.7 Å². The van der Waals surface area contributed by atoms with Gasteiger partial charge in [-0.05, 0) is 41.5 Å². The van der Waals surface area contributed by atoms with E-state index in [1.807, 2.05) is 42.5 Å². The molecule has 0 bridgehead atoms. The Kier molecular flexibility index (Phi) is 5.07. The molecule has 2 aliphatic heterocycles. The van der Waals surface area contributed by atoms with Gasteiger partial charge < -0.3 is 20.1 Å². The molecule has 7 heteroatoms. The van der Waals surface area contributed by atoms with Crippen LogP contribution in [0.5, 0.6) is 11.5 Å². The lowest BCUT2D eigenvalue weighted by atomic mass is 10.0. The fourth-order valence-electron chi connectivity index (χ4n) is 3.77. The van der Waals surface area contributed by atoms with Gasteiger partial charge in [-0.15, -0.1) is 0 Å². The number of carbonyl (C=O) groups excluding carboxylic acids is 2. The van der Waals surface area contributed by atoms with Crippen molar-refractivity contribution in [2.24, 2.45) is 0 Å². The molecular formula is C25H19FN2O4. The minimum absolute atomic E-state index is 0.134. The van der Waals surface area contributed by atoms with Crippen LogP contribution in [-0.4, -0.2) is 24.6 Å². The molecule has 2 heterocycles. The average Bonchev–Trinajstić information content (AvgIpc) is 3.34. The van der Waals surface area contributed by atoms with Crippen LogP contribution in [0.1, 0.15) is 16.7 Å². The Labute approximate surface area is 183 Å². The number of fused-ring (bicyclic) bond motifs is 1. The van der Waals surface area contributed by atoms with Crippen LogP contribution in [0, 0.1) is 5.82 Å². The van der Waals surface area contributed by atoms with E-state index >= 15 is 0 Å². The Hall–Kier alpha value is -4.13. The summed E-state index contributed by atoms with van der Waals surface area (Å²) < 4.78 is 25.3. The maximum atomic E-state index is 14.5. The normalized spacial score (nSPS) is 18.2. The Balaban J connectivity index is 1.28. The van der Waals surface area contributed by atoms with E-state index < -0.39 is 11.9 Å². The van der Waals surface area contributed by atoms with Gasteiger partial charge in [0.05, 0.1) is 6.54 Å². The van der Waals surface area contributed by atoms with Crippen molar-refractivity contribution >= 4 is 29.3 Å². The zero-order valence-electron chi connectivity index (χ0n) is 16.9. The lowest BCUT2D eigenvalue weighted by Gasteiger charge is -2.11. The van der Waals surface area contributed by atoms with E-state index in [4.69, 9.17) is 9.47 Å². The molecule has 0 aromatic heterocycles. The number of alkyl carbamates (subject to hydrolysis) is 1. The molecule has 0 saturated carbocycles. The summed E-state index contributed by atoms with van der Waals surface area (Å²) in [7, 11) is 0. The molecular weight excluding hydrogens is 411 g/mol. The van der Waals surface area contributed by atoms with Crippen molar-refractivity contribution in [3.63, 3.8) is 0 Å². The lowest BCUT2D eigenvalue weighted by Crippen LogP contribution is -2.17. The monoisotopic (exact) mass is 430 g/mol. The highest BCUT2D eigenvalue weighted by molar-refractivity contribution is 6.34. The number of hydrogen-bond acceptors (Lipinski definition) is 4. The lowest BCUT2D eigenvalue weighted by molar-refractivity contribution is -0.110. The van der Waals surface area contributed by atoms with Gasteiger partial charge in [0.25, 0.3) is 5.91 Å².